The van der Waals surface area contributed by atoms with E-state index < -0.39 is 10.8 Å². The van der Waals surface area contributed by atoms with Crippen LogP contribution in [0.5, 0.6) is 0 Å². The Bertz CT molecular complexity index is 457. The van der Waals surface area contributed by atoms with E-state index in [0.29, 0.717) is 12.4 Å². The van der Waals surface area contributed by atoms with Crippen LogP contribution in [0.2, 0.25) is 0 Å². The smallest absolute Gasteiger partial charge is 0.175 e. The van der Waals surface area contributed by atoms with Gasteiger partial charge in [0.25, 0.3) is 0 Å². The van der Waals surface area contributed by atoms with Crippen LogP contribution in [0.4, 0.5) is 0 Å². The molecule has 0 radical (unpaired) electrons. The van der Waals surface area contributed by atoms with E-state index in [-0.39, 0.29) is 11.5 Å². The van der Waals surface area contributed by atoms with Gasteiger partial charge in [0.1, 0.15) is 0 Å². The van der Waals surface area contributed by atoms with Crippen LogP contribution in [0.25, 0.3) is 0 Å². The summed E-state index contributed by atoms with van der Waals surface area (Å²) < 4.78 is 16.7. The summed E-state index contributed by atoms with van der Waals surface area (Å²) in [5, 5.41) is 0. The van der Waals surface area contributed by atoms with Crippen molar-refractivity contribution >= 4 is 16.6 Å². The number of Topliss-reactive ketones (excluding diaryl/α,β-unsaturated/α-hetero) is 1. The first-order chi connectivity index (χ1) is 8.95. The second-order valence-electron chi connectivity index (χ2n) is 4.83. The third-order valence-electron chi connectivity index (χ3n) is 2.97. The number of hydrogen-bond acceptors (Lipinski definition) is 3. The summed E-state index contributed by atoms with van der Waals surface area (Å²) in [6, 6.07) is 3.99. The van der Waals surface area contributed by atoms with Crippen LogP contribution in [-0.2, 0) is 15.5 Å². The molecule has 0 fully saturated rings. The van der Waals surface area contributed by atoms with Crippen LogP contribution in [0.15, 0.2) is 12.1 Å². The number of ketones is 1. The number of carbonyl (C=O) groups excluding carboxylic acids is 1. The topological polar surface area (TPSA) is 43.4 Å². The van der Waals surface area contributed by atoms with E-state index in [1.807, 2.05) is 32.9 Å². The zero-order chi connectivity index (χ0) is 14.4. The summed E-state index contributed by atoms with van der Waals surface area (Å²) >= 11 is 0. The number of carbonyl (C=O) groups is 1. The van der Waals surface area contributed by atoms with Gasteiger partial charge in [0.2, 0.25) is 0 Å². The third-order valence-corrected chi connectivity index (χ3v) is 4.30. The number of hydrogen-bond donors (Lipinski definition) is 0. The molecule has 106 valence electrons. The zero-order valence-electron chi connectivity index (χ0n) is 12.1. The molecule has 0 aliphatic rings. The van der Waals surface area contributed by atoms with Crippen LogP contribution >= 0.6 is 0 Å². The van der Waals surface area contributed by atoms with Gasteiger partial charge in [-0.1, -0.05) is 17.7 Å². The molecule has 0 aromatic heterocycles. The fraction of sp³-hybridized carbons (Fsp3) is 0.533. The van der Waals surface area contributed by atoms with Gasteiger partial charge in [-0.05, 0) is 38.3 Å². The Morgan fingerprint density at radius 3 is 2.32 bits per heavy atom. The highest BCUT2D eigenvalue weighted by molar-refractivity contribution is 7.85. The molecule has 1 aromatic carbocycles. The maximum absolute atomic E-state index is 12.2. The normalized spacial score (nSPS) is 12.4. The van der Waals surface area contributed by atoms with Crippen LogP contribution in [0.3, 0.4) is 0 Å². The quantitative estimate of drug-likeness (QED) is 0.570. The molecule has 4 heteroatoms. The lowest BCUT2D eigenvalue weighted by Crippen LogP contribution is -2.16. The second kappa shape index (κ2) is 7.56. The minimum Gasteiger partial charge on any atom is -0.385 e. The highest BCUT2D eigenvalue weighted by Crippen LogP contribution is 2.17. The second-order valence-corrected chi connectivity index (χ2v) is 6.41. The van der Waals surface area contributed by atoms with Crippen molar-refractivity contribution in [1.29, 1.82) is 0 Å². The summed E-state index contributed by atoms with van der Waals surface area (Å²) in [6.45, 7) is 6.46. The number of methoxy groups -OCH3 is 1. The highest BCUT2D eigenvalue weighted by Gasteiger charge is 2.15. The van der Waals surface area contributed by atoms with Crippen molar-refractivity contribution in [2.75, 3.05) is 25.2 Å². The molecule has 0 aliphatic carbocycles. The molecule has 19 heavy (non-hydrogen) atoms. The van der Waals surface area contributed by atoms with E-state index in [1.54, 1.807) is 7.11 Å². The SMILES string of the molecule is COCCCS(=O)CC(=O)c1c(C)cc(C)cc1C. The predicted molar refractivity (Wildman–Crippen MR) is 79.4 cm³/mol. The maximum Gasteiger partial charge on any atom is 0.175 e. The summed E-state index contributed by atoms with van der Waals surface area (Å²) in [6.07, 6.45) is 0.724. The lowest BCUT2D eigenvalue weighted by atomic mass is 9.97. The Labute approximate surface area is 117 Å². The van der Waals surface area contributed by atoms with E-state index in [1.165, 1.54) is 0 Å². The van der Waals surface area contributed by atoms with Crippen molar-refractivity contribution in [2.45, 2.75) is 27.2 Å². The Balaban J connectivity index is 2.71. The minimum atomic E-state index is -1.10. The molecule has 0 amide bonds. The first kappa shape index (κ1) is 16.1. The van der Waals surface area contributed by atoms with Gasteiger partial charge in [0.05, 0.1) is 5.75 Å². The Morgan fingerprint density at radius 1 is 1.21 bits per heavy atom. The van der Waals surface area contributed by atoms with Crippen molar-refractivity contribution in [3.05, 3.63) is 34.4 Å². The molecule has 0 spiro atoms. The number of benzene rings is 1. The van der Waals surface area contributed by atoms with Gasteiger partial charge in [-0.2, -0.15) is 0 Å². The van der Waals surface area contributed by atoms with Gasteiger partial charge in [0, 0.05) is 35.8 Å². The molecule has 0 aliphatic heterocycles. The summed E-state index contributed by atoms with van der Waals surface area (Å²) in [5.74, 6) is 0.601. The van der Waals surface area contributed by atoms with Crippen molar-refractivity contribution in [1.82, 2.24) is 0 Å². The first-order valence-electron chi connectivity index (χ1n) is 6.40. The molecule has 1 rings (SSSR count). The highest BCUT2D eigenvalue weighted by atomic mass is 32.2. The molecule has 0 N–H and O–H groups in total. The first-order valence-corrected chi connectivity index (χ1v) is 7.89. The standard InChI is InChI=1S/C15H22O3S/c1-11-8-12(2)15(13(3)9-11)14(16)10-19(17)7-5-6-18-4/h8-9H,5-7,10H2,1-4H3. The molecule has 0 heterocycles. The van der Waals surface area contributed by atoms with E-state index >= 15 is 0 Å². The van der Waals surface area contributed by atoms with Crippen molar-refractivity contribution in [2.24, 2.45) is 0 Å². The summed E-state index contributed by atoms with van der Waals surface area (Å²) in [5.41, 5.74) is 3.81. The molecular weight excluding hydrogens is 260 g/mol. The van der Waals surface area contributed by atoms with Crippen LogP contribution in [0.1, 0.15) is 33.5 Å². The molecule has 1 atom stereocenters. The van der Waals surface area contributed by atoms with Gasteiger partial charge in [-0.15, -0.1) is 0 Å². The van der Waals surface area contributed by atoms with E-state index in [9.17, 15) is 9.00 Å². The summed E-state index contributed by atoms with van der Waals surface area (Å²) in [7, 11) is 0.515. The van der Waals surface area contributed by atoms with Gasteiger partial charge in [0.15, 0.2) is 5.78 Å². The molecule has 1 aromatic rings. The molecule has 0 saturated heterocycles. The lowest BCUT2D eigenvalue weighted by molar-refractivity contribution is 0.102. The van der Waals surface area contributed by atoms with Crippen LogP contribution < -0.4 is 0 Å². The van der Waals surface area contributed by atoms with Gasteiger partial charge in [-0.25, -0.2) is 0 Å². The van der Waals surface area contributed by atoms with Crippen LogP contribution in [-0.4, -0.2) is 35.2 Å². The van der Waals surface area contributed by atoms with E-state index in [2.05, 4.69) is 0 Å². The van der Waals surface area contributed by atoms with Crippen LogP contribution in [0, 0.1) is 20.8 Å². The maximum atomic E-state index is 12.2. The average Bonchev–Trinajstić information content (AvgIpc) is 2.27. The molecule has 0 saturated carbocycles. The van der Waals surface area contributed by atoms with Crippen molar-refractivity contribution < 1.29 is 13.7 Å². The molecule has 0 bridgehead atoms. The van der Waals surface area contributed by atoms with Gasteiger partial charge >= 0.3 is 0 Å². The largest absolute Gasteiger partial charge is 0.385 e. The Morgan fingerprint density at radius 2 is 1.79 bits per heavy atom. The lowest BCUT2D eigenvalue weighted by Gasteiger charge is -2.10. The monoisotopic (exact) mass is 282 g/mol. The van der Waals surface area contributed by atoms with E-state index in [4.69, 9.17) is 4.74 Å². The molecule has 1 unspecified atom stereocenters. The number of aryl methyl sites for hydroxylation is 3. The third kappa shape index (κ3) is 4.88. The number of ether oxygens (including phenoxy) is 1. The fourth-order valence-electron chi connectivity index (χ4n) is 2.27. The summed E-state index contributed by atoms with van der Waals surface area (Å²) in [4.78, 5) is 12.2. The van der Waals surface area contributed by atoms with Gasteiger partial charge < -0.3 is 4.74 Å². The molecule has 3 nitrogen and oxygen atoms in total. The van der Waals surface area contributed by atoms with E-state index in [0.717, 1.165) is 28.7 Å². The Kier molecular flexibility index (Phi) is 6.38. The fourth-order valence-corrected chi connectivity index (χ4v) is 3.30. The number of rotatable bonds is 7. The average molecular weight is 282 g/mol. The molecular formula is C15H22O3S. The Hall–Kier alpha value is -1.00. The zero-order valence-corrected chi connectivity index (χ0v) is 12.9. The predicted octanol–water partition coefficient (Wildman–Crippen LogP) is 2.58. The van der Waals surface area contributed by atoms with Gasteiger partial charge in [-0.3, -0.25) is 9.00 Å². The van der Waals surface area contributed by atoms with Crippen molar-refractivity contribution in [3.63, 3.8) is 0 Å². The van der Waals surface area contributed by atoms with Crippen molar-refractivity contribution in [3.8, 4) is 0 Å². The minimum absolute atomic E-state index is 0.0225.